The van der Waals surface area contributed by atoms with Gasteiger partial charge < -0.3 is 9.84 Å². The monoisotopic (exact) mass is 1330 g/mol. The molecule has 454 valence electrons. The van der Waals surface area contributed by atoms with E-state index in [1.807, 2.05) is 13.8 Å². The molecule has 0 aliphatic carbocycles. The van der Waals surface area contributed by atoms with Crippen LogP contribution in [0.1, 0.15) is 48.9 Å². The maximum atomic E-state index is 12.4. The number of nitriles is 1. The lowest BCUT2D eigenvalue weighted by molar-refractivity contribution is 0.317. The van der Waals surface area contributed by atoms with Crippen molar-refractivity contribution in [2.24, 2.45) is 30.7 Å². The lowest BCUT2D eigenvalue weighted by atomic mass is 10.1. The molecule has 0 unspecified atom stereocenters. The fraction of sp³-hybridized carbons (Fsp3) is 0.255. The standard InChI is InChI=1S/C44H38N10O14S6.C2H6.CH4O3S.O3S/c1-23-16-33(50-52-39-25(3)29(22-45)42-46-30-8-4-5-9-35(30)54(42)43(39)55)36(68-12-6-14-71(56,57)58)20-31(23)48-51-34-17-24(2)32(21-37(34)69-13-7-15-72(59,60)61)49-53-44-47-40-38(74(65,66)67)18-26-10-11-27(73(62,63)64)19-28(26)41(40)70-44;1-2;1-5(2,3)4;1-4(2)3/h4-5,8-11,16-21,55H,6-7,12-15H2,1-3H3,(H,56,57,58)(H,59,60,61)(H,62,63,64)(H,65,66,67);1-2H3;1H3,(H,2,3,4);. The van der Waals surface area contributed by atoms with Crippen LogP contribution in [0.15, 0.2) is 118 Å². The number of rotatable bonds is 18. The average molecular weight is 1330 g/mol. The molecule has 0 amide bonds. The van der Waals surface area contributed by atoms with Crippen LogP contribution < -0.4 is 4.74 Å². The molecule has 5 aromatic carbocycles. The van der Waals surface area contributed by atoms with Crippen LogP contribution in [0.3, 0.4) is 0 Å². The van der Waals surface area contributed by atoms with E-state index in [1.54, 1.807) is 57.2 Å². The molecule has 8 aromatic rings. The van der Waals surface area contributed by atoms with E-state index in [0.29, 0.717) is 33.3 Å². The highest BCUT2D eigenvalue weighted by Crippen LogP contribution is 2.44. The Bertz CT molecular complexity index is 4750. The van der Waals surface area contributed by atoms with Gasteiger partial charge in [-0.1, -0.05) is 43.4 Å². The number of ether oxygens (including phenoxy) is 1. The SMILES string of the molecule is CC.CS(=O)(=O)O.Cc1cc(N=Nc2cc(OCCCS(=O)(=O)O)c(N=Nc3c(C)c(C#N)c4nc5ccccc5n4c3O)cc2C)c(SCCCS(=O)(=O)O)cc1N=Nc1nc2c(S(=O)(=O)O)cc3ccc(S(=O)(=O)O)cc3c2s1.O=S(=O)=O. The number of para-hydroxylation sites is 2. The minimum absolute atomic E-state index is 0.0230. The zero-order valence-corrected chi connectivity index (χ0v) is 51.3. The van der Waals surface area contributed by atoms with E-state index in [1.165, 1.54) is 22.6 Å². The summed E-state index contributed by atoms with van der Waals surface area (Å²) in [7, 11) is -24.9. The number of thiazole rings is 1. The number of benzene rings is 5. The highest BCUT2D eigenvalue weighted by atomic mass is 32.2. The van der Waals surface area contributed by atoms with E-state index in [0.717, 1.165) is 41.3 Å². The summed E-state index contributed by atoms with van der Waals surface area (Å²) in [5.74, 6) is -1.31. The van der Waals surface area contributed by atoms with Crippen molar-refractivity contribution in [3.05, 3.63) is 95.1 Å². The Hall–Kier alpha value is -7.39. The Morgan fingerprint density at radius 3 is 1.87 bits per heavy atom. The van der Waals surface area contributed by atoms with Crippen molar-refractivity contribution in [1.82, 2.24) is 14.4 Å². The third-order valence-electron chi connectivity index (χ3n) is 11.0. The van der Waals surface area contributed by atoms with Crippen LogP contribution in [0, 0.1) is 32.1 Å². The van der Waals surface area contributed by atoms with E-state index in [2.05, 4.69) is 46.7 Å². The molecule has 0 aliphatic rings. The zero-order chi connectivity index (χ0) is 63.6. The smallest absolute Gasteiger partial charge is 0.425 e. The zero-order valence-electron chi connectivity index (χ0n) is 44.8. The Morgan fingerprint density at radius 2 is 1.27 bits per heavy atom. The highest BCUT2D eigenvalue weighted by Gasteiger charge is 2.24. The first-order valence-electron chi connectivity index (χ1n) is 23.8. The van der Waals surface area contributed by atoms with Crippen LogP contribution in [0.25, 0.3) is 37.7 Å². The van der Waals surface area contributed by atoms with Crippen LogP contribution >= 0.6 is 23.1 Å². The molecular weight excluding hydrogens is 1280 g/mol. The van der Waals surface area contributed by atoms with E-state index in [4.69, 9.17) is 21.9 Å². The van der Waals surface area contributed by atoms with Gasteiger partial charge in [-0.25, -0.2) is 9.97 Å². The molecule has 3 aromatic heterocycles. The number of aryl methyl sites for hydroxylation is 2. The quantitative estimate of drug-likeness (QED) is 0.0201. The molecule has 0 spiro atoms. The molecule has 0 bridgehead atoms. The van der Waals surface area contributed by atoms with E-state index in [-0.39, 0.29) is 108 Å². The van der Waals surface area contributed by atoms with E-state index in [9.17, 15) is 70.7 Å². The van der Waals surface area contributed by atoms with Gasteiger partial charge in [0.15, 0.2) is 11.3 Å². The second-order valence-electron chi connectivity index (χ2n) is 17.2. The van der Waals surface area contributed by atoms with Gasteiger partial charge in [0.2, 0.25) is 11.0 Å². The first-order chi connectivity index (χ1) is 39.5. The van der Waals surface area contributed by atoms with Crippen molar-refractivity contribution in [2.75, 3.05) is 30.1 Å². The van der Waals surface area contributed by atoms with Crippen LogP contribution in [0.5, 0.6) is 11.6 Å². The molecule has 6 N–H and O–H groups in total. The normalized spacial score (nSPS) is 12.3. The summed E-state index contributed by atoms with van der Waals surface area (Å²) >= 11 is 1.96. The van der Waals surface area contributed by atoms with Gasteiger partial charge in [-0.3, -0.25) is 27.2 Å². The Balaban J connectivity index is 0.00000111. The van der Waals surface area contributed by atoms with Crippen LogP contribution in [-0.2, 0) is 61.2 Å². The molecular formula is C47H48N10O20S8. The number of azo groups is 3. The molecule has 0 saturated heterocycles. The summed E-state index contributed by atoms with van der Waals surface area (Å²) in [4.78, 5) is 8.13. The van der Waals surface area contributed by atoms with Crippen molar-refractivity contribution in [2.45, 2.75) is 62.1 Å². The minimum atomic E-state index is -4.86. The average Bonchev–Trinajstić information content (AvgIpc) is 1.78. The summed E-state index contributed by atoms with van der Waals surface area (Å²) in [6.07, 6.45) is 0.610. The largest absolute Gasteiger partial charge is 0.493 e. The van der Waals surface area contributed by atoms with Gasteiger partial charge in [0.1, 0.15) is 33.5 Å². The highest BCUT2D eigenvalue weighted by molar-refractivity contribution is 7.99. The number of fused-ring (bicyclic) bond motifs is 6. The number of hydrogen-bond donors (Lipinski definition) is 6. The molecule has 0 fully saturated rings. The molecule has 38 heteroatoms. The van der Waals surface area contributed by atoms with Gasteiger partial charge in [0.05, 0.1) is 62.1 Å². The first-order valence-corrected chi connectivity index (χ1v) is 34.5. The van der Waals surface area contributed by atoms with Crippen molar-refractivity contribution >= 4 is 156 Å². The van der Waals surface area contributed by atoms with Crippen molar-refractivity contribution in [1.29, 1.82) is 5.26 Å². The number of hydrogen-bond acceptors (Lipinski definition) is 26. The lowest BCUT2D eigenvalue weighted by Crippen LogP contribution is -2.08. The second kappa shape index (κ2) is 28.2. The first kappa shape index (κ1) is 68.4. The van der Waals surface area contributed by atoms with Crippen molar-refractivity contribution in [3.8, 4) is 17.7 Å². The van der Waals surface area contributed by atoms with Crippen molar-refractivity contribution < 1.29 is 87.3 Å². The number of thioether (sulfide) groups is 1. The van der Waals surface area contributed by atoms with Gasteiger partial charge in [0.25, 0.3) is 50.6 Å². The maximum absolute atomic E-state index is 12.4. The van der Waals surface area contributed by atoms with Gasteiger partial charge in [-0.2, -0.15) is 52.5 Å². The molecule has 0 saturated carbocycles. The minimum Gasteiger partial charge on any atom is -0.493 e. The summed E-state index contributed by atoms with van der Waals surface area (Å²) in [5, 5.41) is 48.2. The predicted molar refractivity (Wildman–Crippen MR) is 312 cm³/mol. The fourth-order valence-electron chi connectivity index (χ4n) is 7.43. The molecule has 0 atom stereocenters. The molecule has 30 nitrogen and oxygen atoms in total. The Morgan fingerprint density at radius 1 is 0.706 bits per heavy atom. The lowest BCUT2D eigenvalue weighted by Gasteiger charge is -2.12. The van der Waals surface area contributed by atoms with Crippen LogP contribution in [0.4, 0.5) is 33.6 Å². The Kier molecular flexibility index (Phi) is 22.7. The third-order valence-corrected chi connectivity index (χ3v) is 16.4. The fourth-order valence-corrected chi connectivity index (χ4v) is 11.7. The predicted octanol–water partition coefficient (Wildman–Crippen LogP) is 10.0. The molecule has 3 heterocycles. The number of imidazole rings is 1. The summed E-state index contributed by atoms with van der Waals surface area (Å²) in [5.41, 5.74) is 3.16. The third kappa shape index (κ3) is 19.1. The van der Waals surface area contributed by atoms with Gasteiger partial charge in [0, 0.05) is 21.9 Å². The van der Waals surface area contributed by atoms with Gasteiger partial charge in [-0.05, 0) is 104 Å². The summed E-state index contributed by atoms with van der Waals surface area (Å²) < 4.78 is 192. The molecule has 85 heavy (non-hydrogen) atoms. The Labute approximate surface area is 494 Å². The van der Waals surface area contributed by atoms with Gasteiger partial charge >= 0.3 is 10.6 Å². The number of aromatic nitrogens is 3. The molecule has 0 radical (unpaired) electrons. The number of aromatic hydroxyl groups is 1. The molecule has 8 rings (SSSR count). The van der Waals surface area contributed by atoms with E-state index >= 15 is 0 Å². The second-order valence-corrected chi connectivity index (χ2v) is 27.1. The topological polar surface area (TPSA) is 481 Å². The summed E-state index contributed by atoms with van der Waals surface area (Å²) in [6.45, 7) is 8.69. The van der Waals surface area contributed by atoms with Crippen LogP contribution in [-0.4, -0.2) is 127 Å². The van der Waals surface area contributed by atoms with Crippen LogP contribution in [0.2, 0.25) is 0 Å². The summed E-state index contributed by atoms with van der Waals surface area (Å²) in [6, 6.07) is 19.8. The maximum Gasteiger partial charge on any atom is 0.425 e. The van der Waals surface area contributed by atoms with Crippen molar-refractivity contribution in [3.63, 3.8) is 0 Å². The number of pyridine rings is 1. The number of nitrogens with zero attached hydrogens (tertiary/aromatic N) is 10. The van der Waals surface area contributed by atoms with Gasteiger partial charge in [-0.15, -0.1) is 50.0 Å². The molecule has 0 aliphatic heterocycles. The van der Waals surface area contributed by atoms with E-state index < -0.39 is 82.5 Å².